The van der Waals surface area contributed by atoms with Crippen LogP contribution in [0, 0.1) is 0 Å². The molecule has 0 spiro atoms. The number of hydrogen-bond donors (Lipinski definition) is 4. The third-order valence-corrected chi connectivity index (χ3v) is 3.91. The molecule has 0 fully saturated rings. The van der Waals surface area contributed by atoms with Gasteiger partial charge in [-0.25, -0.2) is 9.78 Å². The van der Waals surface area contributed by atoms with Crippen molar-refractivity contribution in [3.8, 4) is 0 Å². The van der Waals surface area contributed by atoms with Crippen LogP contribution >= 0.6 is 11.6 Å². The van der Waals surface area contributed by atoms with Gasteiger partial charge in [-0.05, 0) is 31.1 Å². The maximum atomic E-state index is 11.8. The summed E-state index contributed by atoms with van der Waals surface area (Å²) >= 11 is 6.17. The number of rotatable bonds is 1. The summed E-state index contributed by atoms with van der Waals surface area (Å²) in [4.78, 5) is 30.6. The van der Waals surface area contributed by atoms with E-state index in [4.69, 9.17) is 17.3 Å². The second-order valence-electron chi connectivity index (χ2n) is 5.67. The van der Waals surface area contributed by atoms with Gasteiger partial charge in [0.05, 0.1) is 13.2 Å². The second-order valence-corrected chi connectivity index (χ2v) is 6.05. The van der Waals surface area contributed by atoms with Crippen LogP contribution in [0.1, 0.15) is 36.8 Å². The Morgan fingerprint density at radius 2 is 2.22 bits per heavy atom. The highest BCUT2D eigenvalue weighted by Crippen LogP contribution is 2.19. The van der Waals surface area contributed by atoms with Gasteiger partial charge >= 0.3 is 6.09 Å². The molecule has 1 aromatic rings. The molecular formula is C18H22ClN5O3. The topological polar surface area (TPSA) is 122 Å². The Hall–Kier alpha value is -2.84. The van der Waals surface area contributed by atoms with Crippen molar-refractivity contribution in [1.29, 1.82) is 0 Å². The third-order valence-electron chi connectivity index (χ3n) is 3.62. The van der Waals surface area contributed by atoms with Gasteiger partial charge in [0.25, 0.3) is 0 Å². The van der Waals surface area contributed by atoms with Crippen molar-refractivity contribution < 1.29 is 14.3 Å². The molecule has 5 N–H and O–H groups in total. The highest BCUT2D eigenvalue weighted by Gasteiger charge is 2.12. The van der Waals surface area contributed by atoms with Crippen LogP contribution in [-0.4, -0.2) is 29.1 Å². The molecule has 8 nitrogen and oxygen atoms in total. The molecular weight excluding hydrogens is 370 g/mol. The highest BCUT2D eigenvalue weighted by atomic mass is 35.5. The predicted octanol–water partition coefficient (Wildman–Crippen LogP) is 2.69. The number of alkyl carbamates (subject to hydrolysis) is 1. The van der Waals surface area contributed by atoms with Crippen molar-refractivity contribution in [3.05, 3.63) is 58.9 Å². The first-order chi connectivity index (χ1) is 13.0. The Morgan fingerprint density at radius 3 is 3.00 bits per heavy atom. The van der Waals surface area contributed by atoms with Crippen LogP contribution in [-0.2, 0) is 9.53 Å². The van der Waals surface area contributed by atoms with Crippen LogP contribution in [0.25, 0.3) is 6.08 Å². The van der Waals surface area contributed by atoms with Crippen LogP contribution in [0.3, 0.4) is 0 Å². The number of fused-ring (bicyclic) bond motifs is 2. The molecule has 1 atom stereocenters. The van der Waals surface area contributed by atoms with Crippen molar-refractivity contribution in [2.45, 2.75) is 25.3 Å². The van der Waals surface area contributed by atoms with Crippen LogP contribution in [0.4, 0.5) is 4.79 Å². The van der Waals surface area contributed by atoms with Crippen LogP contribution in [0.15, 0.2) is 42.3 Å². The van der Waals surface area contributed by atoms with E-state index in [2.05, 4.69) is 25.3 Å². The molecule has 27 heavy (non-hydrogen) atoms. The van der Waals surface area contributed by atoms with Crippen molar-refractivity contribution in [1.82, 2.24) is 20.6 Å². The predicted molar refractivity (Wildman–Crippen MR) is 103 cm³/mol. The van der Waals surface area contributed by atoms with Crippen molar-refractivity contribution in [3.63, 3.8) is 0 Å². The number of allylic oxidation sites excluding steroid dienone is 4. The van der Waals surface area contributed by atoms with Crippen molar-refractivity contribution in [2.75, 3.05) is 7.11 Å². The number of aromatic amines is 1. The molecule has 1 unspecified atom stereocenters. The minimum absolute atomic E-state index is 0.139. The second kappa shape index (κ2) is 10.3. The molecule has 9 heteroatoms. The summed E-state index contributed by atoms with van der Waals surface area (Å²) < 4.78 is 4.59. The lowest BCUT2D eigenvalue weighted by molar-refractivity contribution is -0.120. The number of halogens is 1. The fourth-order valence-electron chi connectivity index (χ4n) is 2.20. The zero-order chi connectivity index (χ0) is 19.6. The maximum absolute atomic E-state index is 11.8. The Labute approximate surface area is 162 Å². The minimum Gasteiger partial charge on any atom is -0.453 e. The highest BCUT2D eigenvalue weighted by molar-refractivity contribution is 6.30. The van der Waals surface area contributed by atoms with E-state index in [0.717, 1.165) is 0 Å². The quantitative estimate of drug-likeness (QED) is 0.548. The SMILES string of the molecule is COC(=O)NC1=CC=Cc2nc([nH]c2Cl)C(N)CC=CCCC(=O)NC=C1. The largest absolute Gasteiger partial charge is 0.453 e. The van der Waals surface area contributed by atoms with E-state index in [0.29, 0.717) is 41.6 Å². The average Bonchev–Trinajstić information content (AvgIpc) is 3.01. The van der Waals surface area contributed by atoms with Gasteiger partial charge in [0.2, 0.25) is 5.91 Å². The number of nitrogens with zero attached hydrogens (tertiary/aromatic N) is 1. The number of H-pyrrole nitrogens is 1. The lowest BCUT2D eigenvalue weighted by atomic mass is 10.2. The molecule has 0 radical (unpaired) electrons. The molecule has 2 heterocycles. The molecule has 144 valence electrons. The molecule has 1 aliphatic rings. The van der Waals surface area contributed by atoms with E-state index in [-0.39, 0.29) is 11.9 Å². The molecule has 2 rings (SSSR count). The fourth-order valence-corrected chi connectivity index (χ4v) is 2.41. The van der Waals surface area contributed by atoms with E-state index >= 15 is 0 Å². The van der Waals surface area contributed by atoms with Crippen LogP contribution < -0.4 is 16.4 Å². The first kappa shape index (κ1) is 20.5. The summed E-state index contributed by atoms with van der Waals surface area (Å²) in [7, 11) is 1.26. The molecule has 0 aliphatic carbocycles. The Bertz CT molecular complexity index is 795. The summed E-state index contributed by atoms with van der Waals surface area (Å²) in [5, 5.41) is 5.55. The summed E-state index contributed by atoms with van der Waals surface area (Å²) in [6, 6.07) is -0.334. The molecule has 0 saturated carbocycles. The van der Waals surface area contributed by atoms with Gasteiger partial charge in [-0.1, -0.05) is 29.8 Å². The summed E-state index contributed by atoms with van der Waals surface area (Å²) in [5.41, 5.74) is 7.05. The van der Waals surface area contributed by atoms with E-state index in [1.165, 1.54) is 13.3 Å². The lowest BCUT2D eigenvalue weighted by Crippen LogP contribution is -2.22. The fraction of sp³-hybridized carbons (Fsp3) is 0.278. The van der Waals surface area contributed by atoms with Gasteiger partial charge < -0.3 is 20.8 Å². The number of nitrogens with one attached hydrogen (secondary N) is 3. The molecule has 2 amide bonds. The zero-order valence-corrected chi connectivity index (χ0v) is 15.6. The number of amides is 2. The molecule has 0 aromatic carbocycles. The van der Waals surface area contributed by atoms with Gasteiger partial charge in [-0.15, -0.1) is 0 Å². The van der Waals surface area contributed by atoms with Gasteiger partial charge in [-0.3, -0.25) is 10.1 Å². The van der Waals surface area contributed by atoms with Crippen LogP contribution in [0.5, 0.6) is 0 Å². The first-order valence-corrected chi connectivity index (χ1v) is 8.72. The number of methoxy groups -OCH3 is 1. The number of ether oxygens (including phenoxy) is 1. The molecule has 1 aromatic heterocycles. The maximum Gasteiger partial charge on any atom is 0.411 e. The molecule has 2 bridgehead atoms. The monoisotopic (exact) mass is 391 g/mol. The van der Waals surface area contributed by atoms with Crippen molar-refractivity contribution in [2.24, 2.45) is 5.73 Å². The Balaban J connectivity index is 2.28. The first-order valence-electron chi connectivity index (χ1n) is 8.35. The van der Waals surface area contributed by atoms with E-state index < -0.39 is 6.09 Å². The zero-order valence-electron chi connectivity index (χ0n) is 14.9. The van der Waals surface area contributed by atoms with Crippen molar-refractivity contribution >= 4 is 29.7 Å². The number of carbonyl (C=O) groups excluding carboxylic acids is 2. The average molecular weight is 392 g/mol. The lowest BCUT2D eigenvalue weighted by Gasteiger charge is -2.04. The van der Waals surface area contributed by atoms with E-state index in [1.54, 1.807) is 24.3 Å². The standard InChI is InChI=1S/C18H22ClN5O3/c1-27-18(26)22-12-6-5-8-14-16(19)24-17(23-14)13(20)7-3-2-4-9-15(25)21-11-10-12/h2-3,5-6,8,10-11,13H,4,7,9,20H2,1H3,(H,21,25)(H,22,26)(H,23,24). The molecule has 0 saturated heterocycles. The number of aromatic nitrogens is 2. The number of imidazole rings is 1. The van der Waals surface area contributed by atoms with Gasteiger partial charge in [0.15, 0.2) is 0 Å². The number of nitrogens with two attached hydrogens (primary N) is 1. The Kier molecular flexibility index (Phi) is 7.84. The number of carbonyl (C=O) groups is 2. The van der Waals surface area contributed by atoms with Gasteiger partial charge in [0, 0.05) is 18.3 Å². The minimum atomic E-state index is -0.632. The number of hydrogen-bond acceptors (Lipinski definition) is 5. The summed E-state index contributed by atoms with van der Waals surface area (Å²) in [6.45, 7) is 0. The van der Waals surface area contributed by atoms with E-state index in [9.17, 15) is 9.59 Å². The smallest absolute Gasteiger partial charge is 0.411 e. The summed E-state index contributed by atoms with van der Waals surface area (Å²) in [5.74, 6) is 0.433. The normalized spacial score (nSPS) is 18.4. The van der Waals surface area contributed by atoms with Crippen LogP contribution in [0.2, 0.25) is 5.15 Å². The Morgan fingerprint density at radius 1 is 1.41 bits per heavy atom. The van der Waals surface area contributed by atoms with Gasteiger partial charge in [0.1, 0.15) is 16.7 Å². The summed E-state index contributed by atoms with van der Waals surface area (Å²) in [6.07, 6.45) is 12.6. The van der Waals surface area contributed by atoms with E-state index in [1.807, 2.05) is 12.2 Å². The molecule has 1 aliphatic heterocycles. The third kappa shape index (κ3) is 6.76. The van der Waals surface area contributed by atoms with Gasteiger partial charge in [-0.2, -0.15) is 0 Å².